The van der Waals surface area contributed by atoms with Gasteiger partial charge in [0.25, 0.3) is 0 Å². The van der Waals surface area contributed by atoms with Crippen molar-refractivity contribution in [2.24, 2.45) is 0 Å². The van der Waals surface area contributed by atoms with Gasteiger partial charge in [0.2, 0.25) is 10.7 Å². The van der Waals surface area contributed by atoms with Crippen LogP contribution in [0.25, 0.3) is 10.3 Å². The molecule has 0 amide bonds. The molecule has 0 aromatic carbocycles. The molecular weight excluding hydrogens is 166 g/mol. The SMILES string of the molecule is O=C(O)c1cc2cnsc2o1. The summed E-state index contributed by atoms with van der Waals surface area (Å²) in [4.78, 5) is 10.9. The Bertz CT molecular complexity index is 374. The van der Waals surface area contributed by atoms with Crippen LogP contribution in [0, 0.1) is 0 Å². The van der Waals surface area contributed by atoms with E-state index in [0.29, 0.717) is 4.90 Å². The molecule has 0 atom stereocenters. The third-order valence-electron chi connectivity index (χ3n) is 1.26. The number of fused-ring (bicyclic) bond motifs is 1. The Morgan fingerprint density at radius 3 is 3.18 bits per heavy atom. The van der Waals surface area contributed by atoms with Crippen LogP contribution in [0.15, 0.2) is 16.7 Å². The van der Waals surface area contributed by atoms with Crippen LogP contribution < -0.4 is 0 Å². The minimum Gasteiger partial charge on any atom is -0.475 e. The molecule has 0 aliphatic rings. The maximum atomic E-state index is 10.4. The summed E-state index contributed by atoms with van der Waals surface area (Å²) in [6, 6.07) is 1.46. The van der Waals surface area contributed by atoms with Gasteiger partial charge in [-0.2, -0.15) is 4.37 Å². The molecule has 2 heterocycles. The van der Waals surface area contributed by atoms with Crippen LogP contribution in [0.2, 0.25) is 0 Å². The molecule has 0 radical (unpaired) electrons. The molecule has 0 bridgehead atoms. The summed E-state index contributed by atoms with van der Waals surface area (Å²) >= 11 is 1.15. The van der Waals surface area contributed by atoms with Crippen LogP contribution in [0.5, 0.6) is 0 Å². The van der Waals surface area contributed by atoms with E-state index < -0.39 is 5.97 Å². The van der Waals surface area contributed by atoms with Crippen molar-refractivity contribution < 1.29 is 14.3 Å². The molecule has 0 spiro atoms. The summed E-state index contributed by atoms with van der Waals surface area (Å²) in [5, 5.41) is 9.24. The molecule has 2 rings (SSSR count). The van der Waals surface area contributed by atoms with Gasteiger partial charge < -0.3 is 9.52 Å². The van der Waals surface area contributed by atoms with Crippen molar-refractivity contribution >= 4 is 27.8 Å². The molecule has 1 N–H and O–H groups in total. The van der Waals surface area contributed by atoms with Gasteiger partial charge in [-0.1, -0.05) is 0 Å². The largest absolute Gasteiger partial charge is 0.475 e. The summed E-state index contributed by atoms with van der Waals surface area (Å²) in [7, 11) is 0. The maximum absolute atomic E-state index is 10.4. The van der Waals surface area contributed by atoms with E-state index in [9.17, 15) is 4.79 Å². The second kappa shape index (κ2) is 2.06. The molecule has 0 saturated carbocycles. The van der Waals surface area contributed by atoms with Gasteiger partial charge in [0.05, 0.1) is 11.6 Å². The fraction of sp³-hybridized carbons (Fsp3) is 0. The second-order valence-corrected chi connectivity index (χ2v) is 2.75. The number of hydrogen-bond acceptors (Lipinski definition) is 4. The van der Waals surface area contributed by atoms with Crippen molar-refractivity contribution in [1.29, 1.82) is 0 Å². The van der Waals surface area contributed by atoms with E-state index >= 15 is 0 Å². The molecule has 11 heavy (non-hydrogen) atoms. The Balaban J connectivity index is 2.67. The molecule has 2 aromatic rings. The minimum atomic E-state index is -1.05. The first kappa shape index (κ1) is 6.36. The summed E-state index contributed by atoms with van der Waals surface area (Å²) in [5.41, 5.74) is 0. The average molecular weight is 169 g/mol. The molecule has 0 aliphatic heterocycles. The number of rotatable bonds is 1. The standard InChI is InChI=1S/C6H3NO3S/c8-5(9)4-1-3-2-7-11-6(3)10-4/h1-2H,(H,8,9). The van der Waals surface area contributed by atoms with Crippen LogP contribution >= 0.6 is 11.5 Å². The number of carboxylic acids is 1. The highest BCUT2D eigenvalue weighted by Crippen LogP contribution is 2.21. The summed E-state index contributed by atoms with van der Waals surface area (Å²) in [6.45, 7) is 0. The zero-order valence-electron chi connectivity index (χ0n) is 5.27. The highest BCUT2D eigenvalue weighted by molar-refractivity contribution is 7.12. The lowest BCUT2D eigenvalue weighted by molar-refractivity contribution is 0.0665. The van der Waals surface area contributed by atoms with Gasteiger partial charge in [0.15, 0.2) is 0 Å². The number of nitrogens with zero attached hydrogens (tertiary/aromatic N) is 1. The summed E-state index contributed by atoms with van der Waals surface area (Å²) in [6.07, 6.45) is 1.58. The fourth-order valence-electron chi connectivity index (χ4n) is 0.786. The molecule has 0 unspecified atom stereocenters. The van der Waals surface area contributed by atoms with E-state index in [1.165, 1.54) is 6.07 Å². The van der Waals surface area contributed by atoms with Gasteiger partial charge in [0.1, 0.15) is 0 Å². The number of furan rings is 1. The smallest absolute Gasteiger partial charge is 0.371 e. The summed E-state index contributed by atoms with van der Waals surface area (Å²) in [5.74, 6) is -1.08. The molecule has 0 fully saturated rings. The van der Waals surface area contributed by atoms with Crippen molar-refractivity contribution in [1.82, 2.24) is 4.37 Å². The molecule has 4 nitrogen and oxygen atoms in total. The van der Waals surface area contributed by atoms with Gasteiger partial charge in [-0.05, 0) is 0 Å². The number of hydrogen-bond donors (Lipinski definition) is 1. The first-order valence-corrected chi connectivity index (χ1v) is 3.62. The molecule has 0 aliphatic carbocycles. The Kier molecular flexibility index (Phi) is 1.19. The maximum Gasteiger partial charge on any atom is 0.371 e. The molecular formula is C6H3NO3S. The van der Waals surface area contributed by atoms with Crippen LogP contribution in [-0.2, 0) is 0 Å². The first-order valence-electron chi connectivity index (χ1n) is 2.85. The lowest BCUT2D eigenvalue weighted by Crippen LogP contribution is -1.91. The van der Waals surface area contributed by atoms with E-state index in [1.54, 1.807) is 6.20 Å². The van der Waals surface area contributed by atoms with E-state index in [0.717, 1.165) is 16.9 Å². The zero-order valence-corrected chi connectivity index (χ0v) is 6.09. The number of aromatic nitrogens is 1. The van der Waals surface area contributed by atoms with Gasteiger partial charge in [-0.15, -0.1) is 0 Å². The van der Waals surface area contributed by atoms with E-state index in [4.69, 9.17) is 9.52 Å². The van der Waals surface area contributed by atoms with Crippen LogP contribution in [0.3, 0.4) is 0 Å². The van der Waals surface area contributed by atoms with Crippen LogP contribution in [-0.4, -0.2) is 15.4 Å². The van der Waals surface area contributed by atoms with Gasteiger partial charge in [-0.3, -0.25) is 0 Å². The zero-order chi connectivity index (χ0) is 7.84. The predicted molar refractivity (Wildman–Crippen MR) is 38.8 cm³/mol. The highest BCUT2D eigenvalue weighted by atomic mass is 32.1. The van der Waals surface area contributed by atoms with Crippen molar-refractivity contribution in [2.45, 2.75) is 0 Å². The fourth-order valence-corrected chi connectivity index (χ4v) is 1.39. The predicted octanol–water partition coefficient (Wildman–Crippen LogP) is 1.59. The lowest BCUT2D eigenvalue weighted by Gasteiger charge is -1.80. The molecule has 5 heteroatoms. The van der Waals surface area contributed by atoms with Crippen LogP contribution in [0.4, 0.5) is 0 Å². The lowest BCUT2D eigenvalue weighted by atomic mass is 10.4. The number of aromatic carboxylic acids is 1. The second-order valence-electron chi connectivity index (χ2n) is 1.98. The van der Waals surface area contributed by atoms with Crippen molar-refractivity contribution in [3.05, 3.63) is 18.0 Å². The molecule has 2 aromatic heterocycles. The Labute approximate surface area is 65.2 Å². The topological polar surface area (TPSA) is 63.3 Å². The first-order chi connectivity index (χ1) is 5.27. The Morgan fingerprint density at radius 2 is 2.55 bits per heavy atom. The minimum absolute atomic E-state index is 0.0337. The van der Waals surface area contributed by atoms with Gasteiger partial charge in [-0.25, -0.2) is 4.79 Å². The van der Waals surface area contributed by atoms with E-state index in [-0.39, 0.29) is 5.76 Å². The normalized spacial score (nSPS) is 10.5. The quantitative estimate of drug-likeness (QED) is 0.704. The van der Waals surface area contributed by atoms with Crippen molar-refractivity contribution in [3.63, 3.8) is 0 Å². The average Bonchev–Trinajstić information content (AvgIpc) is 2.40. The van der Waals surface area contributed by atoms with Crippen molar-refractivity contribution in [2.75, 3.05) is 0 Å². The van der Waals surface area contributed by atoms with E-state index in [1.807, 2.05) is 0 Å². The highest BCUT2D eigenvalue weighted by Gasteiger charge is 2.10. The van der Waals surface area contributed by atoms with Crippen LogP contribution in [0.1, 0.15) is 10.6 Å². The number of carbonyl (C=O) groups is 1. The van der Waals surface area contributed by atoms with Gasteiger partial charge >= 0.3 is 5.97 Å². The molecule has 0 saturated heterocycles. The monoisotopic (exact) mass is 169 g/mol. The van der Waals surface area contributed by atoms with Gasteiger partial charge in [0, 0.05) is 17.6 Å². The third kappa shape index (κ3) is 0.894. The molecule has 56 valence electrons. The Morgan fingerprint density at radius 1 is 1.73 bits per heavy atom. The third-order valence-corrected chi connectivity index (χ3v) is 1.96. The number of carboxylic acid groups (broad SMARTS) is 1. The van der Waals surface area contributed by atoms with Crippen molar-refractivity contribution in [3.8, 4) is 0 Å². The summed E-state index contributed by atoms with van der Waals surface area (Å²) < 4.78 is 8.74. The van der Waals surface area contributed by atoms with E-state index in [2.05, 4.69) is 4.37 Å². The Hall–Kier alpha value is -1.36.